The quantitative estimate of drug-likeness (QED) is 0.667. The largest absolute Gasteiger partial charge is 0.298 e. The number of hydrogen-bond acceptors (Lipinski definition) is 1. The van der Waals surface area contributed by atoms with E-state index in [2.05, 4.69) is 41.5 Å². The summed E-state index contributed by atoms with van der Waals surface area (Å²) in [5.74, 6) is 0.483. The van der Waals surface area contributed by atoms with Crippen LogP contribution in [0.2, 0.25) is 0 Å². The molecule has 0 N–H and O–H groups in total. The Morgan fingerprint density at radius 3 is 1.73 bits per heavy atom. The molecule has 0 unspecified atom stereocenters. The predicted molar refractivity (Wildman–Crippen MR) is 64.8 cm³/mol. The van der Waals surface area contributed by atoms with E-state index in [-0.39, 0.29) is 16.2 Å². The van der Waals surface area contributed by atoms with Gasteiger partial charge in [-0.25, -0.2) is 0 Å². The van der Waals surface area contributed by atoms with Crippen LogP contribution in [-0.2, 0) is 4.79 Å². The first kappa shape index (κ1) is 12.7. The first-order chi connectivity index (χ1) is 6.57. The lowest BCUT2D eigenvalue weighted by atomic mass is 9.55. The lowest BCUT2D eigenvalue weighted by molar-refractivity contribution is -0.144. The number of carbonyl (C=O) groups excluding carboxylic acids is 1. The molecule has 15 heavy (non-hydrogen) atoms. The van der Waals surface area contributed by atoms with Crippen LogP contribution in [-0.4, -0.2) is 5.78 Å². The van der Waals surface area contributed by atoms with E-state index in [4.69, 9.17) is 0 Å². The third-order valence-corrected chi connectivity index (χ3v) is 3.34. The molecular formula is C14H26O. The number of rotatable bonds is 2. The zero-order chi connectivity index (χ0) is 11.9. The van der Waals surface area contributed by atoms with Crippen LogP contribution in [0.5, 0.6) is 0 Å². The van der Waals surface area contributed by atoms with Gasteiger partial charge in [0.15, 0.2) is 0 Å². The monoisotopic (exact) mass is 210 g/mol. The fourth-order valence-electron chi connectivity index (χ4n) is 2.90. The average Bonchev–Trinajstić information content (AvgIpc) is 1.92. The Kier molecular flexibility index (Phi) is 3.06. The van der Waals surface area contributed by atoms with Crippen LogP contribution < -0.4 is 0 Å². The van der Waals surface area contributed by atoms with Gasteiger partial charge in [0.1, 0.15) is 5.78 Å². The van der Waals surface area contributed by atoms with Crippen molar-refractivity contribution in [2.45, 2.75) is 67.2 Å². The van der Waals surface area contributed by atoms with Crippen LogP contribution in [0.15, 0.2) is 0 Å². The molecule has 0 amide bonds. The van der Waals surface area contributed by atoms with E-state index in [1.807, 2.05) is 0 Å². The Morgan fingerprint density at radius 1 is 1.07 bits per heavy atom. The highest BCUT2D eigenvalue weighted by Crippen LogP contribution is 2.52. The molecular weight excluding hydrogens is 184 g/mol. The van der Waals surface area contributed by atoms with E-state index < -0.39 is 0 Å². The first-order valence-corrected chi connectivity index (χ1v) is 6.12. The Labute approximate surface area is 94.6 Å². The maximum Gasteiger partial charge on any atom is 0.144 e. The zero-order valence-corrected chi connectivity index (χ0v) is 11.2. The van der Waals surface area contributed by atoms with E-state index in [1.165, 1.54) is 6.42 Å². The summed E-state index contributed by atoms with van der Waals surface area (Å²) in [5.41, 5.74) is 0.101. The highest BCUT2D eigenvalue weighted by molar-refractivity contribution is 5.90. The molecule has 0 radical (unpaired) electrons. The molecule has 1 heteroatoms. The number of ketones is 1. The molecule has 0 atom stereocenters. The van der Waals surface area contributed by atoms with Crippen molar-refractivity contribution in [1.29, 1.82) is 0 Å². The van der Waals surface area contributed by atoms with E-state index in [0.29, 0.717) is 5.78 Å². The summed E-state index contributed by atoms with van der Waals surface area (Å²) in [6.07, 6.45) is 4.51. The summed E-state index contributed by atoms with van der Waals surface area (Å²) in [6.45, 7) is 12.9. The minimum absolute atomic E-state index is 0.0104. The number of Topliss-reactive ketones (excluding diaryl/α,β-unsaturated/α-hetero) is 1. The van der Waals surface area contributed by atoms with Gasteiger partial charge in [0.05, 0.1) is 0 Å². The molecule has 0 saturated heterocycles. The van der Waals surface area contributed by atoms with E-state index in [0.717, 1.165) is 19.3 Å². The van der Waals surface area contributed by atoms with Crippen LogP contribution in [0, 0.1) is 16.2 Å². The normalized spacial score (nSPS) is 20.9. The van der Waals surface area contributed by atoms with Gasteiger partial charge in [-0.2, -0.15) is 0 Å². The lowest BCUT2D eigenvalue weighted by Crippen LogP contribution is -2.46. The van der Waals surface area contributed by atoms with Gasteiger partial charge >= 0.3 is 0 Å². The van der Waals surface area contributed by atoms with Crippen LogP contribution in [0.4, 0.5) is 0 Å². The predicted octanol–water partition coefficient (Wildman–Crippen LogP) is 4.21. The van der Waals surface area contributed by atoms with Crippen LogP contribution in [0.3, 0.4) is 0 Å². The second-order valence-electron chi connectivity index (χ2n) is 7.45. The van der Waals surface area contributed by atoms with Gasteiger partial charge in [0.25, 0.3) is 0 Å². The summed E-state index contributed by atoms with van der Waals surface area (Å²) >= 11 is 0. The van der Waals surface area contributed by atoms with Crippen LogP contribution >= 0.6 is 0 Å². The molecule has 0 aromatic carbocycles. The summed E-state index contributed by atoms with van der Waals surface area (Å²) in [6, 6.07) is 0. The molecule has 1 nitrogen and oxygen atoms in total. The van der Waals surface area contributed by atoms with E-state index in [9.17, 15) is 4.79 Å². The van der Waals surface area contributed by atoms with Gasteiger partial charge in [-0.1, -0.05) is 48.0 Å². The Bertz CT molecular complexity index is 245. The second kappa shape index (κ2) is 3.61. The summed E-state index contributed by atoms with van der Waals surface area (Å²) < 4.78 is 0. The van der Waals surface area contributed by atoms with Crippen molar-refractivity contribution >= 4 is 5.78 Å². The minimum Gasteiger partial charge on any atom is -0.298 e. The van der Waals surface area contributed by atoms with Crippen molar-refractivity contribution in [2.75, 3.05) is 0 Å². The third-order valence-electron chi connectivity index (χ3n) is 3.34. The first-order valence-electron chi connectivity index (χ1n) is 6.12. The summed E-state index contributed by atoms with van der Waals surface area (Å²) in [4.78, 5) is 12.4. The fourth-order valence-corrected chi connectivity index (χ4v) is 2.90. The third kappa shape index (κ3) is 2.83. The fraction of sp³-hybridized carbons (Fsp3) is 0.929. The van der Waals surface area contributed by atoms with Crippen LogP contribution in [0.1, 0.15) is 67.2 Å². The Morgan fingerprint density at radius 2 is 1.53 bits per heavy atom. The zero-order valence-electron chi connectivity index (χ0n) is 11.2. The highest BCUT2D eigenvalue weighted by Gasteiger charge is 2.49. The SMILES string of the molecule is CC(C)(C)CC1(C(=O)C(C)(C)C)CCC1. The number of hydrogen-bond donors (Lipinski definition) is 0. The molecule has 0 spiro atoms. The summed E-state index contributed by atoms with van der Waals surface area (Å²) in [5, 5.41) is 0. The van der Waals surface area contributed by atoms with Gasteiger partial charge in [-0.3, -0.25) is 4.79 Å². The molecule has 0 aliphatic heterocycles. The molecule has 0 heterocycles. The van der Waals surface area contributed by atoms with E-state index in [1.54, 1.807) is 0 Å². The molecule has 0 bridgehead atoms. The standard InChI is InChI=1S/C14H26O/c1-12(2,3)10-14(8-7-9-14)11(15)13(4,5)6/h7-10H2,1-6H3. The van der Waals surface area contributed by atoms with Gasteiger partial charge in [0.2, 0.25) is 0 Å². The van der Waals surface area contributed by atoms with Gasteiger partial charge in [-0.15, -0.1) is 0 Å². The molecule has 1 aliphatic rings. The smallest absolute Gasteiger partial charge is 0.144 e. The molecule has 1 aliphatic carbocycles. The minimum atomic E-state index is -0.175. The molecule has 0 aromatic rings. The van der Waals surface area contributed by atoms with Crippen molar-refractivity contribution in [1.82, 2.24) is 0 Å². The van der Waals surface area contributed by atoms with Crippen molar-refractivity contribution in [3.63, 3.8) is 0 Å². The molecule has 0 aromatic heterocycles. The maximum absolute atomic E-state index is 12.4. The lowest BCUT2D eigenvalue weighted by Gasteiger charge is -2.47. The van der Waals surface area contributed by atoms with Crippen molar-refractivity contribution < 1.29 is 4.79 Å². The molecule has 1 fully saturated rings. The van der Waals surface area contributed by atoms with Crippen molar-refractivity contribution in [3.8, 4) is 0 Å². The van der Waals surface area contributed by atoms with Crippen LogP contribution in [0.25, 0.3) is 0 Å². The Hall–Kier alpha value is -0.330. The van der Waals surface area contributed by atoms with Gasteiger partial charge in [-0.05, 0) is 24.7 Å². The van der Waals surface area contributed by atoms with Gasteiger partial charge < -0.3 is 0 Å². The topological polar surface area (TPSA) is 17.1 Å². The highest BCUT2D eigenvalue weighted by atomic mass is 16.1. The van der Waals surface area contributed by atoms with Crippen molar-refractivity contribution in [3.05, 3.63) is 0 Å². The van der Waals surface area contributed by atoms with Crippen molar-refractivity contribution in [2.24, 2.45) is 16.2 Å². The number of carbonyl (C=O) groups is 1. The summed E-state index contributed by atoms with van der Waals surface area (Å²) in [7, 11) is 0. The molecule has 88 valence electrons. The van der Waals surface area contributed by atoms with Gasteiger partial charge in [0, 0.05) is 10.8 Å². The van der Waals surface area contributed by atoms with E-state index >= 15 is 0 Å². The average molecular weight is 210 g/mol. The molecule has 1 rings (SSSR count). The Balaban J connectivity index is 2.83. The maximum atomic E-state index is 12.4. The molecule has 1 saturated carbocycles. The second-order valence-corrected chi connectivity index (χ2v) is 7.45.